The van der Waals surface area contributed by atoms with Gasteiger partial charge < -0.3 is 14.7 Å². The number of benzene rings is 2. The van der Waals surface area contributed by atoms with Crippen LogP contribution < -0.4 is 10.9 Å². The summed E-state index contributed by atoms with van der Waals surface area (Å²) in [5.74, 6) is -0.869. The van der Waals surface area contributed by atoms with Gasteiger partial charge in [-0.2, -0.15) is 23.5 Å². The Bertz CT molecular complexity index is 1920. The van der Waals surface area contributed by atoms with Crippen molar-refractivity contribution in [3.8, 4) is 28.8 Å². The standard InChI is InChI=1S/C34H37F3N8O3/c1-22(32(47)41(2)21-24-14-17-45(4,5)18-15-24)40-31(46)29-30(28-13-16-39-43(28)26-11-9-23(20-38)10-12-26)42(3)44(33(29)48)27-8-6-7-25(19-27)34(35,36)37/h6-13,16,19,22,24H,14-15,17-18,21H2,1-5H3/p+1. The predicted octanol–water partition coefficient (Wildman–Crippen LogP) is 3.98. The van der Waals surface area contributed by atoms with Crippen molar-refractivity contribution in [1.29, 1.82) is 5.26 Å². The second kappa shape index (κ2) is 13.2. The van der Waals surface area contributed by atoms with E-state index in [0.29, 0.717) is 23.7 Å². The van der Waals surface area contributed by atoms with Gasteiger partial charge in [-0.05, 0) is 61.4 Å². The summed E-state index contributed by atoms with van der Waals surface area (Å²) in [5, 5.41) is 16.3. The van der Waals surface area contributed by atoms with E-state index in [1.165, 1.54) is 41.7 Å². The van der Waals surface area contributed by atoms with Gasteiger partial charge in [-0.1, -0.05) is 6.07 Å². The van der Waals surface area contributed by atoms with Crippen LogP contribution in [0.15, 0.2) is 65.6 Å². The van der Waals surface area contributed by atoms with Crippen molar-refractivity contribution in [2.75, 3.05) is 40.8 Å². The first-order chi connectivity index (χ1) is 22.6. The average Bonchev–Trinajstić information content (AvgIpc) is 3.62. The normalized spacial score (nSPS) is 15.5. The summed E-state index contributed by atoms with van der Waals surface area (Å²) in [7, 11) is 7.50. The van der Waals surface area contributed by atoms with E-state index in [1.54, 1.807) is 42.3 Å². The number of nitrogens with zero attached hydrogens (tertiary/aromatic N) is 7. The number of likely N-dealkylation sites (tertiary alicyclic amines) is 1. The summed E-state index contributed by atoms with van der Waals surface area (Å²) >= 11 is 0. The summed E-state index contributed by atoms with van der Waals surface area (Å²) in [5.41, 5.74) is -1.07. The Morgan fingerprint density at radius 2 is 1.77 bits per heavy atom. The molecule has 48 heavy (non-hydrogen) atoms. The predicted molar refractivity (Wildman–Crippen MR) is 172 cm³/mol. The number of quaternary nitrogens is 1. The molecule has 1 N–H and O–H groups in total. The van der Waals surface area contributed by atoms with Crippen LogP contribution in [0.2, 0.25) is 0 Å². The van der Waals surface area contributed by atoms with Crippen LogP contribution in [0.25, 0.3) is 22.8 Å². The monoisotopic (exact) mass is 663 g/mol. The van der Waals surface area contributed by atoms with Crippen LogP contribution in [0.5, 0.6) is 0 Å². The molecule has 252 valence electrons. The molecule has 2 amide bonds. The minimum atomic E-state index is -4.67. The number of aromatic nitrogens is 4. The van der Waals surface area contributed by atoms with E-state index in [2.05, 4.69) is 24.5 Å². The minimum Gasteiger partial charge on any atom is -0.344 e. The van der Waals surface area contributed by atoms with Crippen molar-refractivity contribution in [2.24, 2.45) is 13.0 Å². The SMILES string of the molecule is CC(NC(=O)c1c(-c2ccnn2-c2ccc(C#N)cc2)n(C)n(-c2cccc(C(F)(F)F)c2)c1=O)C(=O)N(C)CC1CC[N+](C)(C)CC1. The van der Waals surface area contributed by atoms with Gasteiger partial charge in [0.15, 0.2) is 0 Å². The van der Waals surface area contributed by atoms with E-state index in [4.69, 9.17) is 0 Å². The smallest absolute Gasteiger partial charge is 0.344 e. The van der Waals surface area contributed by atoms with Gasteiger partial charge in [-0.15, -0.1) is 0 Å². The van der Waals surface area contributed by atoms with Gasteiger partial charge in [0.2, 0.25) is 5.91 Å². The zero-order valence-electron chi connectivity index (χ0n) is 27.5. The highest BCUT2D eigenvalue weighted by Gasteiger charge is 2.34. The van der Waals surface area contributed by atoms with Crippen LogP contribution in [0.1, 0.15) is 41.3 Å². The molecular formula is C34H38F3N8O3+. The minimum absolute atomic E-state index is 0.0627. The third-order valence-electron chi connectivity index (χ3n) is 8.95. The first kappa shape index (κ1) is 34.2. The number of nitrogens with one attached hydrogen (secondary N) is 1. The van der Waals surface area contributed by atoms with Crippen molar-refractivity contribution in [2.45, 2.75) is 32.0 Å². The Morgan fingerprint density at radius 3 is 2.40 bits per heavy atom. The Kier molecular flexibility index (Phi) is 9.37. The molecule has 11 nitrogen and oxygen atoms in total. The largest absolute Gasteiger partial charge is 0.416 e. The lowest BCUT2D eigenvalue weighted by Gasteiger charge is -2.38. The molecule has 1 aliphatic rings. The Hall–Kier alpha value is -5.16. The van der Waals surface area contributed by atoms with Crippen LogP contribution in [0.3, 0.4) is 0 Å². The highest BCUT2D eigenvalue weighted by molar-refractivity contribution is 6.02. The highest BCUT2D eigenvalue weighted by Crippen LogP contribution is 2.31. The molecule has 0 aliphatic carbocycles. The topological polar surface area (TPSA) is 118 Å². The van der Waals surface area contributed by atoms with Gasteiger partial charge in [0.05, 0.1) is 67.6 Å². The zero-order chi connectivity index (χ0) is 35.0. The molecular weight excluding hydrogens is 625 g/mol. The van der Waals surface area contributed by atoms with E-state index in [9.17, 15) is 32.8 Å². The summed E-state index contributed by atoms with van der Waals surface area (Å²) in [6.45, 7) is 4.08. The average molecular weight is 664 g/mol. The molecule has 2 aromatic heterocycles. The Balaban J connectivity index is 1.53. The highest BCUT2D eigenvalue weighted by atomic mass is 19.4. The molecule has 0 saturated carbocycles. The molecule has 0 radical (unpaired) electrons. The van der Waals surface area contributed by atoms with Gasteiger partial charge in [0, 0.05) is 33.5 Å². The van der Waals surface area contributed by atoms with Gasteiger partial charge in [0.25, 0.3) is 11.5 Å². The molecule has 1 aliphatic heterocycles. The van der Waals surface area contributed by atoms with Crippen LogP contribution in [0.4, 0.5) is 13.2 Å². The number of carbonyl (C=O) groups is 2. The van der Waals surface area contributed by atoms with Gasteiger partial charge in [0.1, 0.15) is 17.3 Å². The maximum absolute atomic E-state index is 14.1. The third-order valence-corrected chi connectivity index (χ3v) is 8.95. The number of halogens is 3. The number of hydrogen-bond donors (Lipinski definition) is 1. The fourth-order valence-electron chi connectivity index (χ4n) is 6.21. The van der Waals surface area contributed by atoms with Gasteiger partial charge in [-0.25, -0.2) is 9.36 Å². The molecule has 14 heteroatoms. The number of likely N-dealkylation sites (N-methyl/N-ethyl adjacent to an activating group) is 1. The fraction of sp³-hybridized carbons (Fsp3) is 0.382. The molecule has 0 bridgehead atoms. The second-order valence-electron chi connectivity index (χ2n) is 12.9. The van der Waals surface area contributed by atoms with Crippen molar-refractivity contribution >= 4 is 11.8 Å². The lowest BCUT2D eigenvalue weighted by atomic mass is 9.95. The quantitative estimate of drug-likeness (QED) is 0.286. The molecule has 1 unspecified atom stereocenters. The van der Waals surface area contributed by atoms with E-state index in [1.807, 2.05) is 6.07 Å². The van der Waals surface area contributed by atoms with Crippen molar-refractivity contribution in [3.05, 3.63) is 87.8 Å². The van der Waals surface area contributed by atoms with Crippen molar-refractivity contribution in [1.82, 2.24) is 29.4 Å². The maximum atomic E-state index is 14.1. The number of hydrogen-bond acceptors (Lipinski definition) is 5. The van der Waals surface area contributed by atoms with Crippen LogP contribution >= 0.6 is 0 Å². The van der Waals surface area contributed by atoms with E-state index in [-0.39, 0.29) is 28.5 Å². The third kappa shape index (κ3) is 6.91. The summed E-state index contributed by atoms with van der Waals surface area (Å²) in [6.07, 6.45) is -1.27. The summed E-state index contributed by atoms with van der Waals surface area (Å²) in [4.78, 5) is 43.0. The van der Waals surface area contributed by atoms with Crippen LogP contribution in [0, 0.1) is 17.2 Å². The van der Waals surface area contributed by atoms with Gasteiger partial charge in [-0.3, -0.25) is 19.1 Å². The van der Waals surface area contributed by atoms with E-state index < -0.39 is 29.2 Å². The molecule has 1 saturated heterocycles. The van der Waals surface area contributed by atoms with E-state index in [0.717, 1.165) is 47.2 Å². The maximum Gasteiger partial charge on any atom is 0.416 e. The molecule has 5 rings (SSSR count). The van der Waals surface area contributed by atoms with Crippen molar-refractivity contribution in [3.63, 3.8) is 0 Å². The lowest BCUT2D eigenvalue weighted by Crippen LogP contribution is -2.50. The number of amides is 2. The summed E-state index contributed by atoms with van der Waals surface area (Å²) in [6, 6.07) is 13.3. The van der Waals surface area contributed by atoms with Gasteiger partial charge >= 0.3 is 6.18 Å². The zero-order valence-corrected chi connectivity index (χ0v) is 27.5. The van der Waals surface area contributed by atoms with Crippen LogP contribution in [-0.2, 0) is 18.0 Å². The molecule has 0 spiro atoms. The number of alkyl halides is 3. The molecule has 3 heterocycles. The number of rotatable bonds is 8. The Morgan fingerprint density at radius 1 is 1.10 bits per heavy atom. The number of nitriles is 1. The number of piperidine rings is 1. The molecule has 2 aromatic carbocycles. The first-order valence-corrected chi connectivity index (χ1v) is 15.5. The van der Waals surface area contributed by atoms with Crippen molar-refractivity contribution < 1.29 is 27.2 Å². The molecule has 1 fully saturated rings. The molecule has 4 aromatic rings. The van der Waals surface area contributed by atoms with Crippen LogP contribution in [-0.4, -0.2) is 87.2 Å². The molecule has 1 atom stereocenters. The first-order valence-electron chi connectivity index (χ1n) is 15.5. The lowest BCUT2D eigenvalue weighted by molar-refractivity contribution is -0.896. The Labute approximate surface area is 276 Å². The van der Waals surface area contributed by atoms with E-state index >= 15 is 0 Å². The number of carbonyl (C=O) groups excluding carboxylic acids is 2. The summed E-state index contributed by atoms with van der Waals surface area (Å²) < 4.78 is 45.6. The second-order valence-corrected chi connectivity index (χ2v) is 12.9. The fourth-order valence-corrected chi connectivity index (χ4v) is 6.21.